The zero-order valence-corrected chi connectivity index (χ0v) is 18.0. The molecule has 29 heavy (non-hydrogen) atoms. The molecule has 0 saturated carbocycles. The van der Waals surface area contributed by atoms with Gasteiger partial charge in [-0.1, -0.05) is 46.0 Å². The molecule has 2 aromatic carbocycles. The van der Waals surface area contributed by atoms with E-state index in [4.69, 9.17) is 39.3 Å². The van der Waals surface area contributed by atoms with Crippen molar-refractivity contribution < 1.29 is 14.1 Å². The van der Waals surface area contributed by atoms with Gasteiger partial charge in [0.25, 0.3) is 11.8 Å². The van der Waals surface area contributed by atoms with E-state index in [0.29, 0.717) is 32.6 Å². The van der Waals surface area contributed by atoms with Gasteiger partial charge in [0.05, 0.1) is 20.6 Å². The highest BCUT2D eigenvalue weighted by atomic mass is 35.5. The molecule has 0 aliphatic carbocycles. The number of nitrogens with zero attached hydrogens (tertiary/aromatic N) is 2. The molecule has 0 saturated heterocycles. The predicted molar refractivity (Wildman–Crippen MR) is 114 cm³/mol. The topological polar surface area (TPSA) is 75.4 Å². The van der Waals surface area contributed by atoms with Gasteiger partial charge in [-0.3, -0.25) is 9.59 Å². The van der Waals surface area contributed by atoms with Gasteiger partial charge in [0.1, 0.15) is 17.0 Å². The minimum atomic E-state index is -0.475. The maximum Gasteiger partial charge on any atom is 0.261 e. The molecule has 2 amide bonds. The van der Waals surface area contributed by atoms with Crippen molar-refractivity contribution in [3.8, 4) is 11.3 Å². The molecule has 0 atom stereocenters. The van der Waals surface area contributed by atoms with Crippen molar-refractivity contribution in [2.24, 2.45) is 0 Å². The van der Waals surface area contributed by atoms with Crippen LogP contribution >= 0.6 is 34.8 Å². The second-order valence-electron chi connectivity index (χ2n) is 6.41. The van der Waals surface area contributed by atoms with Crippen LogP contribution in [0.25, 0.3) is 11.3 Å². The second kappa shape index (κ2) is 8.45. The molecule has 0 spiro atoms. The molecule has 0 unspecified atom stereocenters. The molecule has 1 aromatic heterocycles. The maximum atomic E-state index is 12.9. The van der Waals surface area contributed by atoms with Crippen molar-refractivity contribution in [3.05, 3.63) is 68.4 Å². The molecule has 6 nitrogen and oxygen atoms in total. The Labute approximate surface area is 182 Å². The first-order valence-electron chi connectivity index (χ1n) is 8.44. The lowest BCUT2D eigenvalue weighted by Gasteiger charge is -2.13. The smallest absolute Gasteiger partial charge is 0.261 e. The number of nitrogens with one attached hydrogen (secondary N) is 1. The maximum absolute atomic E-state index is 12.9. The average molecular weight is 453 g/mol. The van der Waals surface area contributed by atoms with E-state index in [1.807, 2.05) is 0 Å². The molecule has 3 aromatic rings. The van der Waals surface area contributed by atoms with Gasteiger partial charge in [0, 0.05) is 25.3 Å². The molecular weight excluding hydrogens is 437 g/mol. The Kier molecular flexibility index (Phi) is 6.17. The standard InChI is InChI=1S/C20H16Cl3N3O3/c1-10-16(18(25-29-10)17-13(21)5-4-6-14(17)22)19(27)24-11-7-8-12(15(23)9-11)20(28)26(2)3/h4-9H,1-3H3,(H,24,27). The van der Waals surface area contributed by atoms with Gasteiger partial charge in [-0.25, -0.2) is 0 Å². The normalized spacial score (nSPS) is 10.7. The summed E-state index contributed by atoms with van der Waals surface area (Å²) in [4.78, 5) is 26.5. The fourth-order valence-corrected chi connectivity index (χ4v) is 3.57. The van der Waals surface area contributed by atoms with E-state index in [-0.39, 0.29) is 22.2 Å². The van der Waals surface area contributed by atoms with Crippen LogP contribution in [0.4, 0.5) is 5.69 Å². The van der Waals surface area contributed by atoms with Gasteiger partial charge in [0.2, 0.25) is 0 Å². The molecule has 9 heteroatoms. The van der Waals surface area contributed by atoms with Crippen LogP contribution in [0, 0.1) is 6.92 Å². The van der Waals surface area contributed by atoms with Crippen LogP contribution in [0.15, 0.2) is 40.9 Å². The minimum absolute atomic E-state index is 0.199. The highest BCUT2D eigenvalue weighted by Gasteiger charge is 2.25. The summed E-state index contributed by atoms with van der Waals surface area (Å²) in [6.07, 6.45) is 0. The lowest BCUT2D eigenvalue weighted by molar-refractivity contribution is 0.0827. The van der Waals surface area contributed by atoms with Gasteiger partial charge in [0.15, 0.2) is 0 Å². The summed E-state index contributed by atoms with van der Waals surface area (Å²) < 4.78 is 5.22. The number of amides is 2. The summed E-state index contributed by atoms with van der Waals surface area (Å²) in [6.45, 7) is 1.61. The number of rotatable bonds is 4. The first-order chi connectivity index (χ1) is 13.7. The van der Waals surface area contributed by atoms with E-state index in [0.717, 1.165) is 0 Å². The van der Waals surface area contributed by atoms with Crippen molar-refractivity contribution in [1.82, 2.24) is 10.1 Å². The van der Waals surface area contributed by atoms with Crippen LogP contribution in [-0.4, -0.2) is 36.0 Å². The number of halogens is 3. The number of aromatic nitrogens is 1. The Hall–Kier alpha value is -2.54. The average Bonchev–Trinajstić information content (AvgIpc) is 3.02. The highest BCUT2D eigenvalue weighted by molar-refractivity contribution is 6.39. The van der Waals surface area contributed by atoms with Gasteiger partial charge in [-0.05, 0) is 37.3 Å². The van der Waals surface area contributed by atoms with Crippen molar-refractivity contribution in [2.75, 3.05) is 19.4 Å². The summed E-state index contributed by atoms with van der Waals surface area (Å²) in [5, 5.41) is 7.60. The predicted octanol–water partition coefficient (Wildman–Crippen LogP) is 5.56. The van der Waals surface area contributed by atoms with E-state index in [9.17, 15) is 9.59 Å². The number of carbonyl (C=O) groups is 2. The quantitative estimate of drug-likeness (QED) is 0.562. The van der Waals surface area contributed by atoms with E-state index in [1.54, 1.807) is 51.4 Å². The lowest BCUT2D eigenvalue weighted by Crippen LogP contribution is -2.22. The van der Waals surface area contributed by atoms with Crippen LogP contribution in [0.2, 0.25) is 15.1 Å². The third-order valence-corrected chi connectivity index (χ3v) is 5.10. The van der Waals surface area contributed by atoms with Crippen LogP contribution in [-0.2, 0) is 0 Å². The van der Waals surface area contributed by atoms with Gasteiger partial charge in [-0.2, -0.15) is 0 Å². The van der Waals surface area contributed by atoms with Crippen LogP contribution in [0.3, 0.4) is 0 Å². The number of benzene rings is 2. The van der Waals surface area contributed by atoms with Crippen molar-refractivity contribution in [3.63, 3.8) is 0 Å². The molecule has 3 rings (SSSR count). The minimum Gasteiger partial charge on any atom is -0.360 e. The van der Waals surface area contributed by atoms with Crippen LogP contribution in [0.1, 0.15) is 26.5 Å². The number of carbonyl (C=O) groups excluding carboxylic acids is 2. The fraction of sp³-hybridized carbons (Fsp3) is 0.150. The Morgan fingerprint density at radius 2 is 1.69 bits per heavy atom. The molecule has 0 aliphatic rings. The van der Waals surface area contributed by atoms with Crippen molar-refractivity contribution >= 4 is 52.3 Å². The molecule has 0 aliphatic heterocycles. The number of aryl methyl sites for hydroxylation is 1. The monoisotopic (exact) mass is 451 g/mol. The second-order valence-corrected chi connectivity index (χ2v) is 7.63. The molecular formula is C20H16Cl3N3O3. The van der Waals surface area contributed by atoms with E-state index < -0.39 is 5.91 Å². The number of anilines is 1. The Bertz CT molecular complexity index is 1090. The van der Waals surface area contributed by atoms with Crippen molar-refractivity contribution in [2.45, 2.75) is 6.92 Å². The SMILES string of the molecule is Cc1onc(-c2c(Cl)cccc2Cl)c1C(=O)Nc1ccc(C(=O)N(C)C)c(Cl)c1. The molecule has 1 N–H and O–H groups in total. The van der Waals surface area contributed by atoms with Crippen LogP contribution in [0.5, 0.6) is 0 Å². The summed E-state index contributed by atoms with van der Waals surface area (Å²) in [5.41, 5.74) is 1.58. The van der Waals surface area contributed by atoms with Crippen LogP contribution < -0.4 is 5.32 Å². The summed E-state index contributed by atoms with van der Waals surface area (Å²) in [6, 6.07) is 9.63. The zero-order valence-electron chi connectivity index (χ0n) is 15.7. The largest absolute Gasteiger partial charge is 0.360 e. The summed E-state index contributed by atoms with van der Waals surface area (Å²) in [5.74, 6) is -0.408. The van der Waals surface area contributed by atoms with E-state index in [2.05, 4.69) is 10.5 Å². The molecule has 0 radical (unpaired) electrons. The molecule has 1 heterocycles. The summed E-state index contributed by atoms with van der Waals surface area (Å²) in [7, 11) is 3.26. The van der Waals surface area contributed by atoms with Gasteiger partial charge in [-0.15, -0.1) is 0 Å². The summed E-state index contributed by atoms with van der Waals surface area (Å²) >= 11 is 18.7. The Balaban J connectivity index is 1.94. The highest BCUT2D eigenvalue weighted by Crippen LogP contribution is 2.37. The Morgan fingerprint density at radius 3 is 2.28 bits per heavy atom. The first-order valence-corrected chi connectivity index (χ1v) is 9.57. The van der Waals surface area contributed by atoms with Gasteiger partial charge >= 0.3 is 0 Å². The molecule has 0 fully saturated rings. The molecule has 150 valence electrons. The first kappa shape index (κ1) is 21.2. The number of hydrogen-bond acceptors (Lipinski definition) is 4. The third kappa shape index (κ3) is 4.24. The van der Waals surface area contributed by atoms with Crippen molar-refractivity contribution in [1.29, 1.82) is 0 Å². The van der Waals surface area contributed by atoms with E-state index >= 15 is 0 Å². The Morgan fingerprint density at radius 1 is 1.03 bits per heavy atom. The lowest BCUT2D eigenvalue weighted by atomic mass is 10.1. The zero-order chi connectivity index (χ0) is 21.3. The van der Waals surface area contributed by atoms with E-state index in [1.165, 1.54) is 11.0 Å². The number of hydrogen-bond donors (Lipinski definition) is 1. The third-order valence-electron chi connectivity index (χ3n) is 4.15. The van der Waals surface area contributed by atoms with Gasteiger partial charge < -0.3 is 14.7 Å². The fourth-order valence-electron chi connectivity index (χ4n) is 2.74. The molecule has 0 bridgehead atoms.